The third-order valence-electron chi connectivity index (χ3n) is 2.27. The van der Waals surface area contributed by atoms with E-state index in [-0.39, 0.29) is 6.10 Å². The van der Waals surface area contributed by atoms with Gasteiger partial charge in [-0.15, -0.1) is 11.8 Å². The van der Waals surface area contributed by atoms with Gasteiger partial charge in [0.15, 0.2) is 0 Å². The van der Waals surface area contributed by atoms with Crippen LogP contribution in [0.2, 0.25) is 0 Å². The predicted molar refractivity (Wildman–Crippen MR) is 61.2 cm³/mol. The fourth-order valence-electron chi connectivity index (χ4n) is 1.39. The summed E-state index contributed by atoms with van der Waals surface area (Å²) in [4.78, 5) is 4.03. The molecule has 2 heteroatoms. The van der Waals surface area contributed by atoms with Crippen LogP contribution in [0.3, 0.4) is 0 Å². The van der Waals surface area contributed by atoms with E-state index in [1.54, 1.807) is 6.20 Å². The van der Waals surface area contributed by atoms with Crippen LogP contribution in [0.25, 0.3) is 0 Å². The normalized spacial score (nSPS) is 11.6. The number of aliphatic hydroxyl groups excluding tert-OH is 1. The number of rotatable bonds is 5. The number of aryl methyl sites for hydroxylation is 1. The van der Waals surface area contributed by atoms with E-state index in [4.69, 9.17) is 0 Å². The fourth-order valence-corrected chi connectivity index (χ4v) is 1.39. The highest BCUT2D eigenvalue weighted by Crippen LogP contribution is 2.07. The smallest absolute Gasteiger partial charge is 0.0552 e. The molecule has 0 aliphatic rings. The summed E-state index contributed by atoms with van der Waals surface area (Å²) < 4.78 is 0. The lowest BCUT2D eigenvalue weighted by Crippen LogP contribution is -2.07. The van der Waals surface area contributed by atoms with Crippen LogP contribution in [0.5, 0.6) is 0 Å². The van der Waals surface area contributed by atoms with Crippen molar-refractivity contribution in [3.05, 3.63) is 30.1 Å². The van der Waals surface area contributed by atoms with E-state index in [0.29, 0.717) is 0 Å². The SMILES string of the molecule is CC#CCCC(O)CCc1cccnc1. The maximum Gasteiger partial charge on any atom is 0.0552 e. The van der Waals surface area contributed by atoms with Gasteiger partial charge in [-0.25, -0.2) is 0 Å². The number of nitrogens with zero attached hydrogens (tertiary/aromatic N) is 1. The molecule has 0 radical (unpaired) electrons. The Hall–Kier alpha value is -1.33. The third kappa shape index (κ3) is 5.19. The largest absolute Gasteiger partial charge is 0.393 e. The molecule has 0 amide bonds. The molecule has 1 unspecified atom stereocenters. The van der Waals surface area contributed by atoms with Crippen molar-refractivity contribution in [2.45, 2.75) is 38.7 Å². The summed E-state index contributed by atoms with van der Waals surface area (Å²) in [6.07, 6.45) is 6.58. The molecule has 0 aliphatic heterocycles. The minimum Gasteiger partial charge on any atom is -0.393 e. The molecule has 0 spiro atoms. The second kappa shape index (κ2) is 7.03. The Bertz CT molecular complexity index is 323. The first-order valence-corrected chi connectivity index (χ1v) is 5.29. The lowest BCUT2D eigenvalue weighted by Gasteiger charge is -2.07. The minimum atomic E-state index is -0.244. The Labute approximate surface area is 91.4 Å². The van der Waals surface area contributed by atoms with Crippen LogP contribution in [0, 0.1) is 11.8 Å². The summed E-state index contributed by atoms with van der Waals surface area (Å²) in [5.41, 5.74) is 1.18. The van der Waals surface area contributed by atoms with Crippen LogP contribution in [0.15, 0.2) is 24.5 Å². The molecule has 1 N–H and O–H groups in total. The van der Waals surface area contributed by atoms with Crippen molar-refractivity contribution in [3.63, 3.8) is 0 Å². The predicted octanol–water partition coefficient (Wildman–Crippen LogP) is 2.18. The molecule has 0 saturated carbocycles. The quantitative estimate of drug-likeness (QED) is 0.744. The molecule has 1 atom stereocenters. The van der Waals surface area contributed by atoms with Crippen molar-refractivity contribution >= 4 is 0 Å². The highest BCUT2D eigenvalue weighted by atomic mass is 16.3. The second-order valence-corrected chi connectivity index (χ2v) is 3.52. The van der Waals surface area contributed by atoms with Crippen molar-refractivity contribution in [1.29, 1.82) is 0 Å². The molecule has 1 heterocycles. The average Bonchev–Trinajstić information content (AvgIpc) is 2.28. The molecule has 1 rings (SSSR count). The van der Waals surface area contributed by atoms with Gasteiger partial charge >= 0.3 is 0 Å². The fraction of sp³-hybridized carbons (Fsp3) is 0.462. The van der Waals surface area contributed by atoms with Gasteiger partial charge in [0, 0.05) is 18.8 Å². The molecule has 15 heavy (non-hydrogen) atoms. The van der Waals surface area contributed by atoms with E-state index in [9.17, 15) is 5.11 Å². The molecule has 0 fully saturated rings. The molecule has 0 saturated heterocycles. The number of aromatic nitrogens is 1. The Morgan fingerprint density at radius 1 is 1.47 bits per heavy atom. The van der Waals surface area contributed by atoms with Crippen molar-refractivity contribution in [2.75, 3.05) is 0 Å². The lowest BCUT2D eigenvalue weighted by molar-refractivity contribution is 0.156. The zero-order valence-corrected chi connectivity index (χ0v) is 9.11. The minimum absolute atomic E-state index is 0.244. The maximum absolute atomic E-state index is 9.65. The van der Waals surface area contributed by atoms with Crippen LogP contribution in [-0.4, -0.2) is 16.2 Å². The monoisotopic (exact) mass is 203 g/mol. The molecular formula is C13H17NO. The van der Waals surface area contributed by atoms with E-state index >= 15 is 0 Å². The second-order valence-electron chi connectivity index (χ2n) is 3.52. The van der Waals surface area contributed by atoms with Gasteiger partial charge in [-0.2, -0.15) is 0 Å². The number of hydrogen-bond acceptors (Lipinski definition) is 2. The Kier molecular flexibility index (Phi) is 5.50. The van der Waals surface area contributed by atoms with Crippen LogP contribution in [-0.2, 0) is 6.42 Å². The molecule has 1 aromatic rings. The summed E-state index contributed by atoms with van der Waals surface area (Å²) >= 11 is 0. The molecule has 0 aromatic carbocycles. The molecule has 1 aromatic heterocycles. The topological polar surface area (TPSA) is 33.1 Å². The molecule has 2 nitrogen and oxygen atoms in total. The highest BCUT2D eigenvalue weighted by molar-refractivity contribution is 5.08. The summed E-state index contributed by atoms with van der Waals surface area (Å²) in [5, 5.41) is 9.65. The van der Waals surface area contributed by atoms with Crippen molar-refractivity contribution in [2.24, 2.45) is 0 Å². The van der Waals surface area contributed by atoms with E-state index < -0.39 is 0 Å². The standard InChI is InChI=1S/C13H17NO/c1-2-3-4-7-13(15)9-8-12-6-5-10-14-11-12/h5-6,10-11,13,15H,4,7-9H2,1H3. The Morgan fingerprint density at radius 2 is 2.33 bits per heavy atom. The first-order valence-electron chi connectivity index (χ1n) is 5.29. The highest BCUT2D eigenvalue weighted by Gasteiger charge is 2.03. The maximum atomic E-state index is 9.65. The van der Waals surface area contributed by atoms with E-state index in [0.717, 1.165) is 25.7 Å². The van der Waals surface area contributed by atoms with E-state index in [1.807, 2.05) is 25.3 Å². The van der Waals surface area contributed by atoms with Crippen LogP contribution < -0.4 is 0 Å². The van der Waals surface area contributed by atoms with Gasteiger partial charge < -0.3 is 5.11 Å². The zero-order valence-electron chi connectivity index (χ0n) is 9.11. The van der Waals surface area contributed by atoms with Gasteiger partial charge in [-0.1, -0.05) is 6.07 Å². The first kappa shape index (κ1) is 11.7. The summed E-state index contributed by atoms with van der Waals surface area (Å²) in [6, 6.07) is 3.95. The van der Waals surface area contributed by atoms with Gasteiger partial charge in [-0.3, -0.25) is 4.98 Å². The lowest BCUT2D eigenvalue weighted by atomic mass is 10.1. The zero-order chi connectivity index (χ0) is 10.9. The van der Waals surface area contributed by atoms with Crippen molar-refractivity contribution < 1.29 is 5.11 Å². The van der Waals surface area contributed by atoms with Gasteiger partial charge in [0.1, 0.15) is 0 Å². The van der Waals surface area contributed by atoms with Crippen molar-refractivity contribution in [3.8, 4) is 11.8 Å². The van der Waals surface area contributed by atoms with Crippen LogP contribution in [0.4, 0.5) is 0 Å². The number of hydrogen-bond donors (Lipinski definition) is 1. The third-order valence-corrected chi connectivity index (χ3v) is 2.27. The van der Waals surface area contributed by atoms with E-state index in [1.165, 1.54) is 5.56 Å². The molecular weight excluding hydrogens is 186 g/mol. The van der Waals surface area contributed by atoms with Gasteiger partial charge in [0.25, 0.3) is 0 Å². The number of pyridine rings is 1. The molecule has 0 aliphatic carbocycles. The number of aliphatic hydroxyl groups is 1. The Morgan fingerprint density at radius 3 is 3.00 bits per heavy atom. The van der Waals surface area contributed by atoms with Crippen LogP contribution >= 0.6 is 0 Å². The van der Waals surface area contributed by atoms with Crippen molar-refractivity contribution in [1.82, 2.24) is 4.98 Å². The summed E-state index contributed by atoms with van der Waals surface area (Å²) in [6.45, 7) is 1.82. The summed E-state index contributed by atoms with van der Waals surface area (Å²) in [5.74, 6) is 5.78. The van der Waals surface area contributed by atoms with Gasteiger partial charge in [0.2, 0.25) is 0 Å². The summed E-state index contributed by atoms with van der Waals surface area (Å²) in [7, 11) is 0. The first-order chi connectivity index (χ1) is 7.33. The molecule has 80 valence electrons. The molecule has 0 bridgehead atoms. The Balaban J connectivity index is 2.21. The van der Waals surface area contributed by atoms with E-state index in [2.05, 4.69) is 16.8 Å². The average molecular weight is 203 g/mol. The van der Waals surface area contributed by atoms with Gasteiger partial charge in [0.05, 0.1) is 6.10 Å². The van der Waals surface area contributed by atoms with Crippen LogP contribution in [0.1, 0.15) is 31.7 Å². The van der Waals surface area contributed by atoms with Gasteiger partial charge in [-0.05, 0) is 37.8 Å².